The van der Waals surface area contributed by atoms with Crippen LogP contribution in [0, 0.1) is 11.3 Å². The average molecular weight is 303 g/mol. The van der Waals surface area contributed by atoms with Gasteiger partial charge in [0.25, 0.3) is 5.56 Å². The number of nitrogens with two attached hydrogens (primary N) is 1. The first-order chi connectivity index (χ1) is 9.94. The zero-order valence-corrected chi connectivity index (χ0v) is 11.9. The number of sulfone groups is 1. The molecule has 0 amide bonds. The maximum atomic E-state index is 12.2. The topological polar surface area (TPSA) is 106 Å². The van der Waals surface area contributed by atoms with Gasteiger partial charge < -0.3 is 10.3 Å². The van der Waals surface area contributed by atoms with Crippen LogP contribution in [0.2, 0.25) is 0 Å². The van der Waals surface area contributed by atoms with Crippen LogP contribution in [-0.2, 0) is 16.4 Å². The maximum Gasteiger partial charge on any atom is 0.273 e. The molecule has 0 aliphatic carbocycles. The van der Waals surface area contributed by atoms with Crippen LogP contribution in [0.5, 0.6) is 0 Å². The first-order valence-electron chi connectivity index (χ1n) is 6.12. The number of anilines is 1. The van der Waals surface area contributed by atoms with Crippen LogP contribution < -0.4 is 11.3 Å². The van der Waals surface area contributed by atoms with Gasteiger partial charge >= 0.3 is 0 Å². The van der Waals surface area contributed by atoms with Crippen molar-refractivity contribution in [2.24, 2.45) is 0 Å². The zero-order chi connectivity index (χ0) is 15.5. The second-order valence-electron chi connectivity index (χ2n) is 4.42. The number of hydrogen-bond donors (Lipinski definition) is 1. The summed E-state index contributed by atoms with van der Waals surface area (Å²) in [7, 11) is -3.57. The Labute approximate surface area is 122 Å². The van der Waals surface area contributed by atoms with Crippen molar-refractivity contribution in [3.05, 3.63) is 58.5 Å². The Morgan fingerprint density at radius 3 is 2.71 bits per heavy atom. The maximum absolute atomic E-state index is 12.2. The third-order valence-corrected chi connectivity index (χ3v) is 4.66. The van der Waals surface area contributed by atoms with Crippen LogP contribution in [0.25, 0.3) is 0 Å². The molecule has 0 spiro atoms. The Bertz CT molecular complexity index is 864. The number of pyridine rings is 1. The number of nitrogen functional groups attached to an aromatic ring is 1. The van der Waals surface area contributed by atoms with E-state index in [1.54, 1.807) is 6.07 Å². The van der Waals surface area contributed by atoms with Crippen molar-refractivity contribution in [3.8, 4) is 6.07 Å². The van der Waals surface area contributed by atoms with Crippen LogP contribution >= 0.6 is 0 Å². The normalized spacial score (nSPS) is 11.0. The molecule has 0 aliphatic heterocycles. The fourth-order valence-corrected chi connectivity index (χ4v) is 3.09. The van der Waals surface area contributed by atoms with Gasteiger partial charge in [0, 0.05) is 12.7 Å². The monoisotopic (exact) mass is 303 g/mol. The number of nitrogens with zero attached hydrogens (tertiary/aromatic N) is 2. The number of aryl methyl sites for hydroxylation is 1. The van der Waals surface area contributed by atoms with Gasteiger partial charge in [-0.15, -0.1) is 0 Å². The molecule has 0 radical (unpaired) electrons. The van der Waals surface area contributed by atoms with E-state index in [1.807, 2.05) is 6.07 Å². The molecule has 0 fully saturated rings. The molecule has 2 aromatic rings. The molecule has 1 aromatic carbocycles. The molecular formula is C14H13N3O3S. The molecule has 7 heteroatoms. The average Bonchev–Trinajstić information content (AvgIpc) is 2.49. The van der Waals surface area contributed by atoms with Gasteiger partial charge in [-0.1, -0.05) is 6.07 Å². The largest absolute Gasteiger partial charge is 0.394 e. The third-order valence-electron chi connectivity index (χ3n) is 2.97. The fourth-order valence-electron chi connectivity index (χ4n) is 1.83. The van der Waals surface area contributed by atoms with E-state index in [0.717, 1.165) is 0 Å². The number of aromatic nitrogens is 1. The van der Waals surface area contributed by atoms with Crippen LogP contribution in [0.1, 0.15) is 5.56 Å². The number of benzene rings is 1. The van der Waals surface area contributed by atoms with Gasteiger partial charge in [0.2, 0.25) is 0 Å². The Balaban J connectivity index is 2.24. The first kappa shape index (κ1) is 14.8. The van der Waals surface area contributed by atoms with Crippen LogP contribution in [0.4, 0.5) is 5.69 Å². The van der Waals surface area contributed by atoms with E-state index in [1.165, 1.54) is 41.1 Å². The van der Waals surface area contributed by atoms with Gasteiger partial charge in [0.1, 0.15) is 0 Å². The summed E-state index contributed by atoms with van der Waals surface area (Å²) >= 11 is 0. The molecule has 0 aliphatic rings. The summed E-state index contributed by atoms with van der Waals surface area (Å²) in [5.74, 6) is -0.245. The van der Waals surface area contributed by atoms with Crippen molar-refractivity contribution in [3.63, 3.8) is 0 Å². The SMILES string of the molecule is N#Cc1cccc(S(=O)(=O)CCn2cccc(N)c2=O)c1. The Morgan fingerprint density at radius 1 is 1.24 bits per heavy atom. The predicted octanol–water partition coefficient (Wildman–Crippen LogP) is 0.776. The molecule has 108 valence electrons. The number of hydrogen-bond acceptors (Lipinski definition) is 5. The molecule has 1 heterocycles. The lowest BCUT2D eigenvalue weighted by atomic mass is 10.2. The zero-order valence-electron chi connectivity index (χ0n) is 11.1. The van der Waals surface area contributed by atoms with Gasteiger partial charge in [-0.2, -0.15) is 5.26 Å². The van der Waals surface area contributed by atoms with Gasteiger partial charge in [0.05, 0.1) is 28.0 Å². The second-order valence-corrected chi connectivity index (χ2v) is 6.53. The highest BCUT2D eigenvalue weighted by atomic mass is 32.2. The van der Waals surface area contributed by atoms with Crippen molar-refractivity contribution in [2.75, 3.05) is 11.5 Å². The third kappa shape index (κ3) is 3.30. The standard InChI is InChI=1S/C14H13N3O3S/c15-10-11-3-1-4-12(9-11)21(19,20)8-7-17-6-2-5-13(16)14(17)18/h1-6,9H,7-8,16H2. The van der Waals surface area contributed by atoms with E-state index >= 15 is 0 Å². The van der Waals surface area contributed by atoms with E-state index in [-0.39, 0.29) is 28.4 Å². The Kier molecular flexibility index (Phi) is 4.10. The van der Waals surface area contributed by atoms with E-state index in [4.69, 9.17) is 11.0 Å². The highest BCUT2D eigenvalue weighted by molar-refractivity contribution is 7.91. The summed E-state index contributed by atoms with van der Waals surface area (Å²) in [6.45, 7) is 0.00296. The van der Waals surface area contributed by atoms with Crippen LogP contribution in [0.15, 0.2) is 52.3 Å². The van der Waals surface area contributed by atoms with Crippen molar-refractivity contribution in [1.82, 2.24) is 4.57 Å². The molecule has 6 nitrogen and oxygen atoms in total. The fraction of sp³-hybridized carbons (Fsp3) is 0.143. The highest BCUT2D eigenvalue weighted by Gasteiger charge is 2.15. The van der Waals surface area contributed by atoms with Crippen molar-refractivity contribution >= 4 is 15.5 Å². The molecule has 2 N–H and O–H groups in total. The minimum absolute atomic E-state index is 0.00296. The lowest BCUT2D eigenvalue weighted by molar-refractivity contribution is 0.587. The van der Waals surface area contributed by atoms with Crippen LogP contribution in [-0.4, -0.2) is 18.7 Å². The quantitative estimate of drug-likeness (QED) is 0.898. The van der Waals surface area contributed by atoms with Crippen LogP contribution in [0.3, 0.4) is 0 Å². The van der Waals surface area contributed by atoms with Crippen molar-refractivity contribution < 1.29 is 8.42 Å². The minimum Gasteiger partial charge on any atom is -0.394 e. The molecule has 0 bridgehead atoms. The van der Waals surface area contributed by atoms with E-state index < -0.39 is 15.4 Å². The molecule has 0 saturated carbocycles. The van der Waals surface area contributed by atoms with Gasteiger partial charge in [-0.3, -0.25) is 4.79 Å². The smallest absolute Gasteiger partial charge is 0.273 e. The minimum atomic E-state index is -3.57. The van der Waals surface area contributed by atoms with Crippen molar-refractivity contribution in [2.45, 2.75) is 11.4 Å². The Morgan fingerprint density at radius 2 is 2.00 bits per heavy atom. The van der Waals surface area contributed by atoms with Gasteiger partial charge in [-0.05, 0) is 30.3 Å². The highest BCUT2D eigenvalue weighted by Crippen LogP contribution is 2.13. The number of nitriles is 1. The molecule has 2 rings (SSSR count). The Hall–Kier alpha value is -2.59. The lowest BCUT2D eigenvalue weighted by Crippen LogP contribution is -2.25. The molecule has 0 atom stereocenters. The lowest BCUT2D eigenvalue weighted by Gasteiger charge is -2.08. The summed E-state index contributed by atoms with van der Waals surface area (Å²) in [6.07, 6.45) is 1.49. The van der Waals surface area contributed by atoms with E-state index in [9.17, 15) is 13.2 Å². The molecule has 21 heavy (non-hydrogen) atoms. The summed E-state index contributed by atoms with van der Waals surface area (Å²) in [4.78, 5) is 11.8. The van der Waals surface area contributed by atoms with E-state index in [2.05, 4.69) is 0 Å². The molecule has 1 aromatic heterocycles. The van der Waals surface area contributed by atoms with Gasteiger partial charge in [-0.25, -0.2) is 8.42 Å². The molecule has 0 saturated heterocycles. The van der Waals surface area contributed by atoms with E-state index in [0.29, 0.717) is 0 Å². The predicted molar refractivity (Wildman–Crippen MR) is 78.3 cm³/mol. The second kappa shape index (κ2) is 5.81. The summed E-state index contributed by atoms with van der Waals surface area (Å²) in [6, 6.07) is 10.7. The summed E-state index contributed by atoms with van der Waals surface area (Å²) in [5, 5.41) is 8.80. The van der Waals surface area contributed by atoms with Crippen molar-refractivity contribution in [1.29, 1.82) is 5.26 Å². The van der Waals surface area contributed by atoms with Gasteiger partial charge in [0.15, 0.2) is 9.84 Å². The molecule has 0 unspecified atom stereocenters. The first-order valence-corrected chi connectivity index (χ1v) is 7.77. The number of rotatable bonds is 4. The molecular weight excluding hydrogens is 290 g/mol. The summed E-state index contributed by atoms with van der Waals surface area (Å²) in [5.41, 5.74) is 5.42. The summed E-state index contributed by atoms with van der Waals surface area (Å²) < 4.78 is 25.7.